The molecule has 1 aromatic carbocycles. The molecule has 0 spiro atoms. The number of carbonyl (C=O) groups is 1. The van der Waals surface area contributed by atoms with E-state index < -0.39 is 0 Å². The lowest BCUT2D eigenvalue weighted by Gasteiger charge is -2.43. The molecule has 0 saturated carbocycles. The van der Waals surface area contributed by atoms with Gasteiger partial charge in [0.2, 0.25) is 5.91 Å². The zero-order valence-corrected chi connectivity index (χ0v) is 17.4. The van der Waals surface area contributed by atoms with E-state index in [9.17, 15) is 9.59 Å². The number of rotatable bonds is 4. The quantitative estimate of drug-likeness (QED) is 0.759. The van der Waals surface area contributed by atoms with E-state index in [1.165, 1.54) is 0 Å². The SMILES string of the molecule is CSCC(=O)N1C[C@@H]2C[C@H](C1)c1c(/C=C/c3ccc(Cl)cc3)ccc(=O)n1C2. The first kappa shape index (κ1) is 19.3. The maximum absolute atomic E-state index is 12.5. The number of pyridine rings is 1. The molecule has 1 fully saturated rings. The minimum Gasteiger partial charge on any atom is -0.341 e. The Morgan fingerprint density at radius 2 is 1.93 bits per heavy atom. The molecule has 28 heavy (non-hydrogen) atoms. The molecule has 3 heterocycles. The lowest BCUT2D eigenvalue weighted by Crippen LogP contribution is -2.49. The second-order valence-corrected chi connectivity index (χ2v) is 8.84. The molecule has 2 atom stereocenters. The van der Waals surface area contributed by atoms with Gasteiger partial charge in [0, 0.05) is 42.3 Å². The Kier molecular flexibility index (Phi) is 5.65. The Balaban J connectivity index is 1.67. The van der Waals surface area contributed by atoms with Crippen molar-refractivity contribution in [3.05, 3.63) is 68.6 Å². The lowest BCUT2D eigenvalue weighted by molar-refractivity contribution is -0.131. The van der Waals surface area contributed by atoms with Crippen LogP contribution in [-0.2, 0) is 11.3 Å². The topological polar surface area (TPSA) is 42.3 Å². The number of hydrogen-bond donors (Lipinski definition) is 0. The van der Waals surface area contributed by atoms with Crippen LogP contribution in [0, 0.1) is 5.92 Å². The van der Waals surface area contributed by atoms with Crippen molar-refractivity contribution in [1.29, 1.82) is 0 Å². The number of piperidine rings is 1. The van der Waals surface area contributed by atoms with Crippen molar-refractivity contribution < 1.29 is 4.79 Å². The van der Waals surface area contributed by atoms with Gasteiger partial charge in [-0.25, -0.2) is 0 Å². The Morgan fingerprint density at radius 1 is 1.14 bits per heavy atom. The average molecular weight is 415 g/mol. The molecule has 4 rings (SSSR count). The van der Waals surface area contributed by atoms with Crippen LogP contribution in [-0.4, -0.2) is 40.5 Å². The van der Waals surface area contributed by atoms with E-state index in [0.29, 0.717) is 29.8 Å². The number of nitrogens with zero attached hydrogens (tertiary/aromatic N) is 2. The number of carbonyl (C=O) groups excluding carboxylic acids is 1. The van der Waals surface area contributed by atoms with Crippen molar-refractivity contribution in [3.63, 3.8) is 0 Å². The average Bonchev–Trinajstić information content (AvgIpc) is 2.69. The maximum atomic E-state index is 12.5. The number of likely N-dealkylation sites (tertiary alicyclic amines) is 1. The van der Waals surface area contributed by atoms with Crippen LogP contribution in [0.5, 0.6) is 0 Å². The number of amides is 1. The predicted molar refractivity (Wildman–Crippen MR) is 117 cm³/mol. The van der Waals surface area contributed by atoms with Crippen LogP contribution >= 0.6 is 23.4 Å². The van der Waals surface area contributed by atoms with Gasteiger partial charge in [-0.15, -0.1) is 0 Å². The first-order valence-corrected chi connectivity index (χ1v) is 11.3. The molecule has 0 radical (unpaired) electrons. The summed E-state index contributed by atoms with van der Waals surface area (Å²) in [6.45, 7) is 2.14. The molecule has 0 N–H and O–H groups in total. The van der Waals surface area contributed by atoms with Gasteiger partial charge in [-0.1, -0.05) is 35.9 Å². The van der Waals surface area contributed by atoms with Crippen LogP contribution in [0.4, 0.5) is 0 Å². The molecule has 4 nitrogen and oxygen atoms in total. The van der Waals surface area contributed by atoms with Crippen molar-refractivity contribution in [2.75, 3.05) is 25.1 Å². The molecule has 1 amide bonds. The second-order valence-electron chi connectivity index (χ2n) is 7.54. The standard InChI is InChI=1S/C22H23ClN2O2S/c1-28-14-21(27)24-11-16-10-18(13-24)22-17(6-9-20(26)25(22)12-16)5-2-15-3-7-19(23)8-4-15/h2-9,16,18H,10-14H2,1H3/b5-2+/t16-,18+/m0/s1. The zero-order chi connectivity index (χ0) is 19.7. The normalized spacial score (nSPS) is 21.0. The van der Waals surface area contributed by atoms with Gasteiger partial charge in [0.05, 0.1) is 5.75 Å². The van der Waals surface area contributed by atoms with Gasteiger partial charge in [-0.05, 0) is 47.9 Å². The molecule has 0 aliphatic carbocycles. The number of hydrogen-bond acceptors (Lipinski definition) is 3. The van der Waals surface area contributed by atoms with Gasteiger partial charge in [0.25, 0.3) is 5.56 Å². The van der Waals surface area contributed by atoms with E-state index in [2.05, 4.69) is 6.08 Å². The first-order valence-electron chi connectivity index (χ1n) is 9.49. The molecule has 6 heteroatoms. The Morgan fingerprint density at radius 3 is 2.68 bits per heavy atom. The van der Waals surface area contributed by atoms with Gasteiger partial charge < -0.3 is 9.47 Å². The number of aromatic nitrogens is 1. The van der Waals surface area contributed by atoms with Crippen LogP contribution in [0.15, 0.2) is 41.2 Å². The third-order valence-corrected chi connectivity index (χ3v) is 6.36. The highest BCUT2D eigenvalue weighted by atomic mass is 35.5. The van der Waals surface area contributed by atoms with Gasteiger partial charge in [-0.3, -0.25) is 9.59 Å². The summed E-state index contributed by atoms with van der Waals surface area (Å²) in [5.41, 5.74) is 3.23. The Bertz CT molecular complexity index is 967. The van der Waals surface area contributed by atoms with E-state index in [-0.39, 0.29) is 17.4 Å². The zero-order valence-electron chi connectivity index (χ0n) is 15.8. The maximum Gasteiger partial charge on any atom is 0.250 e. The smallest absolute Gasteiger partial charge is 0.250 e. The summed E-state index contributed by atoms with van der Waals surface area (Å²) in [4.78, 5) is 26.9. The minimum absolute atomic E-state index is 0.0530. The molecule has 2 aromatic rings. The highest BCUT2D eigenvalue weighted by molar-refractivity contribution is 7.99. The fourth-order valence-corrected chi connectivity index (χ4v) is 4.92. The van der Waals surface area contributed by atoms with Crippen LogP contribution in [0.3, 0.4) is 0 Å². The fraction of sp³-hybridized carbons (Fsp3) is 0.364. The third-order valence-electron chi connectivity index (χ3n) is 5.57. The van der Waals surface area contributed by atoms with Gasteiger partial charge in [0.1, 0.15) is 0 Å². The summed E-state index contributed by atoms with van der Waals surface area (Å²) < 4.78 is 1.93. The second kappa shape index (κ2) is 8.18. The molecule has 0 unspecified atom stereocenters. The number of benzene rings is 1. The van der Waals surface area contributed by atoms with E-state index >= 15 is 0 Å². The minimum atomic E-state index is 0.0530. The van der Waals surface area contributed by atoms with E-state index in [1.807, 2.05) is 52.1 Å². The molecule has 146 valence electrons. The third kappa shape index (κ3) is 3.91. The van der Waals surface area contributed by atoms with Crippen LogP contribution in [0.25, 0.3) is 12.2 Å². The van der Waals surface area contributed by atoms with Crippen LogP contribution < -0.4 is 5.56 Å². The summed E-state index contributed by atoms with van der Waals surface area (Å²) in [5.74, 6) is 1.28. The van der Waals surface area contributed by atoms with Crippen molar-refractivity contribution in [2.45, 2.75) is 18.9 Å². The van der Waals surface area contributed by atoms with Crippen molar-refractivity contribution in [1.82, 2.24) is 9.47 Å². The number of thioether (sulfide) groups is 1. The molecule has 2 aliphatic rings. The summed E-state index contributed by atoms with van der Waals surface area (Å²) in [7, 11) is 0. The molecule has 2 bridgehead atoms. The Hall–Kier alpha value is -1.98. The monoisotopic (exact) mass is 414 g/mol. The first-order chi connectivity index (χ1) is 13.5. The van der Waals surface area contributed by atoms with E-state index in [1.54, 1.807) is 17.8 Å². The highest BCUT2D eigenvalue weighted by Crippen LogP contribution is 2.37. The fourth-order valence-electron chi connectivity index (χ4n) is 4.37. The van der Waals surface area contributed by atoms with Crippen molar-refractivity contribution in [2.24, 2.45) is 5.92 Å². The molecule has 1 saturated heterocycles. The number of halogens is 1. The van der Waals surface area contributed by atoms with Crippen molar-refractivity contribution in [3.8, 4) is 0 Å². The molecular weight excluding hydrogens is 392 g/mol. The predicted octanol–water partition coefficient (Wildman–Crippen LogP) is 3.98. The highest BCUT2D eigenvalue weighted by Gasteiger charge is 2.37. The number of fused-ring (bicyclic) bond motifs is 4. The van der Waals surface area contributed by atoms with E-state index in [4.69, 9.17) is 11.6 Å². The van der Waals surface area contributed by atoms with Crippen molar-refractivity contribution >= 4 is 41.4 Å². The van der Waals surface area contributed by atoms with Gasteiger partial charge >= 0.3 is 0 Å². The summed E-state index contributed by atoms with van der Waals surface area (Å²) in [6, 6.07) is 11.2. The van der Waals surface area contributed by atoms with Crippen LogP contribution in [0.2, 0.25) is 5.02 Å². The van der Waals surface area contributed by atoms with Crippen LogP contribution in [0.1, 0.15) is 29.2 Å². The Labute approximate surface area is 174 Å². The van der Waals surface area contributed by atoms with Gasteiger partial charge in [0.15, 0.2) is 0 Å². The molecular formula is C22H23ClN2O2S. The lowest BCUT2D eigenvalue weighted by atomic mass is 9.81. The molecule has 1 aromatic heterocycles. The molecule has 2 aliphatic heterocycles. The summed E-state index contributed by atoms with van der Waals surface area (Å²) in [5, 5.41) is 0.712. The summed E-state index contributed by atoms with van der Waals surface area (Å²) in [6.07, 6.45) is 7.10. The van der Waals surface area contributed by atoms with Gasteiger partial charge in [-0.2, -0.15) is 11.8 Å². The largest absolute Gasteiger partial charge is 0.341 e. The van der Waals surface area contributed by atoms with E-state index in [0.717, 1.165) is 29.8 Å². The summed E-state index contributed by atoms with van der Waals surface area (Å²) >= 11 is 7.53.